The van der Waals surface area contributed by atoms with Crippen molar-refractivity contribution in [3.8, 4) is 11.1 Å². The summed E-state index contributed by atoms with van der Waals surface area (Å²) >= 11 is 7.53. The van der Waals surface area contributed by atoms with E-state index in [2.05, 4.69) is 27.7 Å². The van der Waals surface area contributed by atoms with Crippen LogP contribution in [0, 0.1) is 0 Å². The fourth-order valence-electron chi connectivity index (χ4n) is 2.25. The third kappa shape index (κ3) is 1.64. The quantitative estimate of drug-likeness (QED) is 0.523. The van der Waals surface area contributed by atoms with Crippen LogP contribution in [0.3, 0.4) is 0 Å². The van der Waals surface area contributed by atoms with Gasteiger partial charge in [-0.15, -0.1) is 0 Å². The summed E-state index contributed by atoms with van der Waals surface area (Å²) in [7, 11) is 0. The average molecular weight is 286 g/mol. The number of hydrogen-bond acceptors (Lipinski definition) is 3. The Labute approximate surface area is 118 Å². The van der Waals surface area contributed by atoms with Crippen LogP contribution in [0.1, 0.15) is 0 Å². The summed E-state index contributed by atoms with van der Waals surface area (Å²) in [5.74, 6) is 0. The lowest BCUT2D eigenvalue weighted by Gasteiger charge is -2.03. The molecule has 3 nitrogen and oxygen atoms in total. The minimum absolute atomic E-state index is 0.576. The van der Waals surface area contributed by atoms with Gasteiger partial charge in [-0.2, -0.15) is 9.47 Å². The fourth-order valence-corrected chi connectivity index (χ4v) is 3.38. The zero-order chi connectivity index (χ0) is 12.8. The molecule has 0 amide bonds. The molecule has 1 aromatic carbocycles. The van der Waals surface area contributed by atoms with Crippen molar-refractivity contribution < 1.29 is 0 Å². The van der Waals surface area contributed by atoms with Crippen LogP contribution in [0.4, 0.5) is 0 Å². The second kappa shape index (κ2) is 4.05. The van der Waals surface area contributed by atoms with Gasteiger partial charge in [-0.25, -0.2) is 4.52 Å². The molecule has 0 aliphatic carbocycles. The summed E-state index contributed by atoms with van der Waals surface area (Å²) in [5, 5.41) is 5.79. The molecular formula is C14H8ClN3S. The molecule has 5 heteroatoms. The first kappa shape index (κ1) is 11.0. The first-order valence-electron chi connectivity index (χ1n) is 5.80. The van der Waals surface area contributed by atoms with E-state index in [0.717, 1.165) is 26.7 Å². The molecule has 0 fully saturated rings. The monoisotopic (exact) mass is 285 g/mol. The second-order valence-corrected chi connectivity index (χ2v) is 5.40. The minimum atomic E-state index is 0.576. The molecule has 19 heavy (non-hydrogen) atoms. The highest BCUT2D eigenvalue weighted by molar-refractivity contribution is 7.14. The van der Waals surface area contributed by atoms with Crippen LogP contribution in [-0.4, -0.2) is 14.0 Å². The molecule has 0 unspecified atom stereocenters. The number of halogens is 1. The highest BCUT2D eigenvalue weighted by atomic mass is 35.5. The normalized spacial score (nSPS) is 11.4. The van der Waals surface area contributed by atoms with E-state index < -0.39 is 0 Å². The van der Waals surface area contributed by atoms with Gasteiger partial charge in [-0.1, -0.05) is 29.8 Å². The molecule has 0 N–H and O–H groups in total. The van der Waals surface area contributed by atoms with E-state index in [1.165, 1.54) is 11.5 Å². The fraction of sp³-hybridized carbons (Fsp3) is 0. The van der Waals surface area contributed by atoms with Gasteiger partial charge in [0.1, 0.15) is 0 Å². The van der Waals surface area contributed by atoms with Crippen LogP contribution in [-0.2, 0) is 0 Å². The summed E-state index contributed by atoms with van der Waals surface area (Å²) in [5.41, 5.74) is 3.38. The molecule has 3 aromatic heterocycles. The van der Waals surface area contributed by atoms with Gasteiger partial charge in [-0.05, 0) is 35.3 Å². The van der Waals surface area contributed by atoms with E-state index in [0.29, 0.717) is 5.15 Å². The SMILES string of the molecule is Clc1nsc2c(-c3ccn4nccc4c3)cccc12. The molecular weight excluding hydrogens is 278 g/mol. The number of benzene rings is 1. The Bertz CT molecular complexity index is 894. The zero-order valence-electron chi connectivity index (χ0n) is 9.75. The van der Waals surface area contributed by atoms with Gasteiger partial charge in [0.05, 0.1) is 10.2 Å². The van der Waals surface area contributed by atoms with Crippen LogP contribution < -0.4 is 0 Å². The van der Waals surface area contributed by atoms with Crippen LogP contribution >= 0.6 is 23.1 Å². The number of aromatic nitrogens is 3. The first-order chi connectivity index (χ1) is 9.33. The standard InChI is InChI=1S/C14H8ClN3S/c15-14-12-3-1-2-11(13(12)19-17-14)9-5-7-18-10(8-9)4-6-16-18/h1-8H. The largest absolute Gasteiger partial charge is 0.241 e. The molecule has 0 spiro atoms. The molecule has 4 rings (SSSR count). The molecule has 4 aromatic rings. The van der Waals surface area contributed by atoms with Crippen LogP contribution in [0.25, 0.3) is 26.7 Å². The Morgan fingerprint density at radius 1 is 1.16 bits per heavy atom. The van der Waals surface area contributed by atoms with E-state index in [-0.39, 0.29) is 0 Å². The average Bonchev–Trinajstić information content (AvgIpc) is 3.05. The highest BCUT2D eigenvalue weighted by Crippen LogP contribution is 2.35. The third-order valence-electron chi connectivity index (χ3n) is 3.16. The van der Waals surface area contributed by atoms with Gasteiger partial charge in [0.2, 0.25) is 0 Å². The molecule has 0 aliphatic rings. The van der Waals surface area contributed by atoms with E-state index in [1.807, 2.05) is 28.9 Å². The molecule has 92 valence electrons. The zero-order valence-corrected chi connectivity index (χ0v) is 11.3. The maximum atomic E-state index is 6.09. The lowest BCUT2D eigenvalue weighted by atomic mass is 10.1. The molecule has 0 radical (unpaired) electrons. The summed E-state index contributed by atoms with van der Waals surface area (Å²) in [6.45, 7) is 0. The van der Waals surface area contributed by atoms with Crippen molar-refractivity contribution in [2.75, 3.05) is 0 Å². The Morgan fingerprint density at radius 3 is 3.05 bits per heavy atom. The van der Waals surface area contributed by atoms with Crippen LogP contribution in [0.15, 0.2) is 48.8 Å². The van der Waals surface area contributed by atoms with E-state index >= 15 is 0 Å². The van der Waals surface area contributed by atoms with Crippen molar-refractivity contribution in [3.05, 3.63) is 53.9 Å². The summed E-state index contributed by atoms with van der Waals surface area (Å²) < 4.78 is 7.20. The van der Waals surface area contributed by atoms with E-state index in [9.17, 15) is 0 Å². The van der Waals surface area contributed by atoms with E-state index in [4.69, 9.17) is 11.6 Å². The Kier molecular flexibility index (Phi) is 2.33. The van der Waals surface area contributed by atoms with Gasteiger partial charge < -0.3 is 0 Å². The van der Waals surface area contributed by atoms with Crippen molar-refractivity contribution in [1.29, 1.82) is 0 Å². The molecule has 0 aliphatic heterocycles. The molecule has 0 saturated carbocycles. The van der Waals surface area contributed by atoms with Crippen molar-refractivity contribution in [2.24, 2.45) is 0 Å². The van der Waals surface area contributed by atoms with Gasteiger partial charge in [0.15, 0.2) is 5.15 Å². The number of nitrogens with zero attached hydrogens (tertiary/aromatic N) is 3. The van der Waals surface area contributed by atoms with Crippen LogP contribution in [0.5, 0.6) is 0 Å². The Hall–Kier alpha value is -1.91. The molecule has 0 bridgehead atoms. The number of fused-ring (bicyclic) bond motifs is 2. The molecule has 0 atom stereocenters. The minimum Gasteiger partial charge on any atom is -0.241 e. The number of hydrogen-bond donors (Lipinski definition) is 0. The first-order valence-corrected chi connectivity index (χ1v) is 6.96. The van der Waals surface area contributed by atoms with Crippen molar-refractivity contribution in [2.45, 2.75) is 0 Å². The predicted octanol–water partition coefficient (Wildman–Crippen LogP) is 4.26. The number of pyridine rings is 1. The van der Waals surface area contributed by atoms with Gasteiger partial charge >= 0.3 is 0 Å². The maximum absolute atomic E-state index is 6.09. The Balaban J connectivity index is 2.02. The Morgan fingerprint density at radius 2 is 2.11 bits per heavy atom. The molecule has 3 heterocycles. The van der Waals surface area contributed by atoms with Crippen molar-refractivity contribution >= 4 is 38.7 Å². The summed E-state index contributed by atoms with van der Waals surface area (Å²) in [6.07, 6.45) is 3.76. The lowest BCUT2D eigenvalue weighted by Crippen LogP contribution is -1.86. The van der Waals surface area contributed by atoms with Gasteiger partial charge in [-0.3, -0.25) is 0 Å². The summed E-state index contributed by atoms with van der Waals surface area (Å²) in [4.78, 5) is 0. The van der Waals surface area contributed by atoms with Crippen LogP contribution in [0.2, 0.25) is 5.15 Å². The van der Waals surface area contributed by atoms with Crippen molar-refractivity contribution in [1.82, 2.24) is 14.0 Å². The lowest BCUT2D eigenvalue weighted by molar-refractivity contribution is 0.962. The summed E-state index contributed by atoms with van der Waals surface area (Å²) in [6, 6.07) is 12.3. The smallest absolute Gasteiger partial charge is 0.150 e. The van der Waals surface area contributed by atoms with Gasteiger partial charge in [0.25, 0.3) is 0 Å². The topological polar surface area (TPSA) is 30.2 Å². The second-order valence-electron chi connectivity index (χ2n) is 4.27. The predicted molar refractivity (Wildman–Crippen MR) is 78.8 cm³/mol. The number of rotatable bonds is 1. The molecule has 0 saturated heterocycles. The maximum Gasteiger partial charge on any atom is 0.150 e. The van der Waals surface area contributed by atoms with E-state index in [1.54, 1.807) is 6.20 Å². The van der Waals surface area contributed by atoms with Crippen molar-refractivity contribution in [3.63, 3.8) is 0 Å². The van der Waals surface area contributed by atoms with Gasteiger partial charge in [0, 0.05) is 23.3 Å². The highest BCUT2D eigenvalue weighted by Gasteiger charge is 2.10. The third-order valence-corrected chi connectivity index (χ3v) is 4.45.